The molecule has 0 amide bonds. The number of hydrogen-bond acceptors (Lipinski definition) is 5. The molecule has 21 heavy (non-hydrogen) atoms. The molecular formula is C16H20N4O. The molecule has 3 heterocycles. The molecule has 0 aromatic carbocycles. The molecule has 3 rings (SSSR count). The highest BCUT2D eigenvalue weighted by atomic mass is 16.5. The van der Waals surface area contributed by atoms with Crippen molar-refractivity contribution in [2.75, 3.05) is 19.7 Å². The van der Waals surface area contributed by atoms with Gasteiger partial charge in [0.15, 0.2) is 0 Å². The Morgan fingerprint density at radius 3 is 2.76 bits per heavy atom. The van der Waals surface area contributed by atoms with Gasteiger partial charge in [-0.25, -0.2) is 9.97 Å². The van der Waals surface area contributed by atoms with Crippen LogP contribution in [0.2, 0.25) is 0 Å². The number of hydrogen-bond donors (Lipinski definition) is 0. The monoisotopic (exact) mass is 284 g/mol. The largest absolute Gasteiger partial charge is 0.463 e. The number of aromatic nitrogens is 3. The summed E-state index contributed by atoms with van der Waals surface area (Å²) in [5, 5.41) is 0. The minimum Gasteiger partial charge on any atom is -0.463 e. The van der Waals surface area contributed by atoms with Crippen LogP contribution < -0.4 is 4.74 Å². The van der Waals surface area contributed by atoms with Gasteiger partial charge in [-0.3, -0.25) is 9.88 Å². The Labute approximate surface area is 125 Å². The van der Waals surface area contributed by atoms with Crippen molar-refractivity contribution in [3.8, 4) is 6.01 Å². The first-order chi connectivity index (χ1) is 10.4. The molecule has 5 heteroatoms. The smallest absolute Gasteiger partial charge is 0.316 e. The number of likely N-dealkylation sites (tertiary alicyclic amines) is 1. The predicted molar refractivity (Wildman–Crippen MR) is 79.8 cm³/mol. The lowest BCUT2D eigenvalue weighted by molar-refractivity contribution is 0.120. The van der Waals surface area contributed by atoms with Crippen molar-refractivity contribution >= 4 is 0 Å². The molecule has 0 saturated carbocycles. The van der Waals surface area contributed by atoms with E-state index in [1.807, 2.05) is 12.4 Å². The van der Waals surface area contributed by atoms with Gasteiger partial charge in [0.25, 0.3) is 0 Å². The first-order valence-electron chi connectivity index (χ1n) is 7.41. The van der Waals surface area contributed by atoms with E-state index in [-0.39, 0.29) is 0 Å². The van der Waals surface area contributed by atoms with E-state index in [1.165, 1.54) is 18.4 Å². The van der Waals surface area contributed by atoms with Crippen molar-refractivity contribution in [3.63, 3.8) is 0 Å². The van der Waals surface area contributed by atoms with E-state index in [1.54, 1.807) is 18.5 Å². The summed E-state index contributed by atoms with van der Waals surface area (Å²) >= 11 is 0. The quantitative estimate of drug-likeness (QED) is 0.842. The van der Waals surface area contributed by atoms with Crippen molar-refractivity contribution in [2.45, 2.75) is 19.4 Å². The van der Waals surface area contributed by atoms with Gasteiger partial charge in [-0.15, -0.1) is 0 Å². The maximum Gasteiger partial charge on any atom is 0.316 e. The molecule has 1 fully saturated rings. The SMILES string of the molecule is c1cnc(OCC2CCCN(Cc3ccncc3)C2)nc1. The van der Waals surface area contributed by atoms with Crippen LogP contribution in [-0.4, -0.2) is 39.5 Å². The first kappa shape index (κ1) is 13.9. The lowest BCUT2D eigenvalue weighted by Gasteiger charge is -2.32. The topological polar surface area (TPSA) is 51.1 Å². The fourth-order valence-electron chi connectivity index (χ4n) is 2.73. The maximum absolute atomic E-state index is 5.69. The molecule has 0 N–H and O–H groups in total. The van der Waals surface area contributed by atoms with Crippen molar-refractivity contribution in [1.82, 2.24) is 19.9 Å². The van der Waals surface area contributed by atoms with E-state index >= 15 is 0 Å². The predicted octanol–water partition coefficient (Wildman–Crippen LogP) is 2.16. The zero-order valence-electron chi connectivity index (χ0n) is 12.1. The van der Waals surface area contributed by atoms with Gasteiger partial charge in [0, 0.05) is 43.8 Å². The Morgan fingerprint density at radius 2 is 1.95 bits per heavy atom. The summed E-state index contributed by atoms with van der Waals surface area (Å²) in [4.78, 5) is 14.7. The van der Waals surface area contributed by atoms with Crippen LogP contribution in [0.5, 0.6) is 6.01 Å². The summed E-state index contributed by atoms with van der Waals surface area (Å²) in [7, 11) is 0. The standard InChI is InChI=1S/C16H20N4O/c1-3-15(13-21-16-18-6-2-7-19-16)12-20(10-1)11-14-4-8-17-9-5-14/h2,4-9,15H,1,3,10-13H2. The zero-order chi connectivity index (χ0) is 14.3. The van der Waals surface area contributed by atoms with Crippen molar-refractivity contribution in [3.05, 3.63) is 48.5 Å². The number of rotatable bonds is 5. The molecule has 0 radical (unpaired) electrons. The van der Waals surface area contributed by atoms with Gasteiger partial charge in [-0.1, -0.05) is 0 Å². The average Bonchev–Trinajstić information content (AvgIpc) is 2.55. The molecule has 1 unspecified atom stereocenters. The van der Waals surface area contributed by atoms with Gasteiger partial charge < -0.3 is 4.74 Å². The van der Waals surface area contributed by atoms with Gasteiger partial charge in [0.2, 0.25) is 0 Å². The van der Waals surface area contributed by atoms with Gasteiger partial charge in [0.1, 0.15) is 0 Å². The normalized spacial score (nSPS) is 19.3. The zero-order valence-corrected chi connectivity index (χ0v) is 12.1. The second kappa shape index (κ2) is 7.13. The lowest BCUT2D eigenvalue weighted by Crippen LogP contribution is -2.37. The fraction of sp³-hybridized carbons (Fsp3) is 0.438. The van der Waals surface area contributed by atoms with Crippen molar-refractivity contribution < 1.29 is 4.74 Å². The van der Waals surface area contributed by atoms with E-state index in [0.29, 0.717) is 18.5 Å². The van der Waals surface area contributed by atoms with Crippen LogP contribution in [0, 0.1) is 5.92 Å². The van der Waals surface area contributed by atoms with Gasteiger partial charge >= 0.3 is 6.01 Å². The summed E-state index contributed by atoms with van der Waals surface area (Å²) in [6.07, 6.45) is 9.55. The molecule has 2 aromatic rings. The Hall–Kier alpha value is -2.01. The third-order valence-corrected chi connectivity index (χ3v) is 3.75. The average molecular weight is 284 g/mol. The Balaban J connectivity index is 1.49. The Bertz CT molecular complexity index is 534. The highest BCUT2D eigenvalue weighted by Gasteiger charge is 2.20. The second-order valence-corrected chi connectivity index (χ2v) is 5.44. The van der Waals surface area contributed by atoms with Crippen LogP contribution in [-0.2, 0) is 6.54 Å². The summed E-state index contributed by atoms with van der Waals surface area (Å²) < 4.78 is 5.69. The van der Waals surface area contributed by atoms with Crippen LogP contribution >= 0.6 is 0 Å². The lowest BCUT2D eigenvalue weighted by atomic mass is 9.98. The number of pyridine rings is 1. The summed E-state index contributed by atoms with van der Waals surface area (Å²) in [6.45, 7) is 3.90. The van der Waals surface area contributed by atoms with Gasteiger partial charge in [0.05, 0.1) is 6.61 Å². The number of nitrogens with zero attached hydrogens (tertiary/aromatic N) is 4. The molecule has 1 saturated heterocycles. The minimum atomic E-state index is 0.476. The van der Waals surface area contributed by atoms with Crippen LogP contribution in [0.25, 0.3) is 0 Å². The third-order valence-electron chi connectivity index (χ3n) is 3.75. The van der Waals surface area contributed by atoms with E-state index < -0.39 is 0 Å². The molecule has 5 nitrogen and oxygen atoms in total. The van der Waals surface area contributed by atoms with Crippen LogP contribution in [0.15, 0.2) is 43.0 Å². The molecule has 110 valence electrons. The van der Waals surface area contributed by atoms with Gasteiger partial charge in [-0.2, -0.15) is 0 Å². The molecule has 1 atom stereocenters. The maximum atomic E-state index is 5.69. The summed E-state index contributed by atoms with van der Waals surface area (Å²) in [6, 6.07) is 6.43. The molecule has 0 aliphatic carbocycles. The molecule has 0 bridgehead atoms. The van der Waals surface area contributed by atoms with Crippen LogP contribution in [0.1, 0.15) is 18.4 Å². The minimum absolute atomic E-state index is 0.476. The van der Waals surface area contributed by atoms with Gasteiger partial charge in [-0.05, 0) is 43.1 Å². The summed E-state index contributed by atoms with van der Waals surface area (Å²) in [5.74, 6) is 0.546. The second-order valence-electron chi connectivity index (χ2n) is 5.44. The van der Waals surface area contributed by atoms with E-state index in [9.17, 15) is 0 Å². The Morgan fingerprint density at radius 1 is 1.14 bits per heavy atom. The third kappa shape index (κ3) is 4.23. The molecular weight excluding hydrogens is 264 g/mol. The number of piperidine rings is 1. The van der Waals surface area contributed by atoms with Crippen LogP contribution in [0.3, 0.4) is 0 Å². The number of ether oxygens (including phenoxy) is 1. The molecule has 1 aliphatic rings. The van der Waals surface area contributed by atoms with Crippen molar-refractivity contribution in [2.24, 2.45) is 5.92 Å². The Kier molecular flexibility index (Phi) is 4.74. The van der Waals surface area contributed by atoms with E-state index in [2.05, 4.69) is 32.0 Å². The first-order valence-corrected chi connectivity index (χ1v) is 7.41. The fourth-order valence-corrected chi connectivity index (χ4v) is 2.73. The molecule has 0 spiro atoms. The molecule has 1 aliphatic heterocycles. The molecule has 2 aromatic heterocycles. The van der Waals surface area contributed by atoms with Crippen LogP contribution in [0.4, 0.5) is 0 Å². The summed E-state index contributed by atoms with van der Waals surface area (Å²) in [5.41, 5.74) is 1.32. The highest BCUT2D eigenvalue weighted by molar-refractivity contribution is 5.09. The van der Waals surface area contributed by atoms with E-state index in [4.69, 9.17) is 4.74 Å². The van der Waals surface area contributed by atoms with E-state index in [0.717, 1.165) is 19.6 Å². The highest BCUT2D eigenvalue weighted by Crippen LogP contribution is 2.19. The van der Waals surface area contributed by atoms with Crippen molar-refractivity contribution in [1.29, 1.82) is 0 Å².